The molecule has 1 nitrogen and oxygen atoms in total. The van der Waals surface area contributed by atoms with Crippen molar-refractivity contribution in [2.45, 2.75) is 71.3 Å². The lowest BCUT2D eigenvalue weighted by Crippen LogP contribution is -2.41. The van der Waals surface area contributed by atoms with Crippen molar-refractivity contribution in [2.75, 3.05) is 0 Å². The van der Waals surface area contributed by atoms with E-state index in [1.165, 1.54) is 51.4 Å². The first kappa shape index (κ1) is 12.4. The van der Waals surface area contributed by atoms with E-state index in [9.17, 15) is 0 Å². The molecule has 0 aliphatic heterocycles. The lowest BCUT2D eigenvalue weighted by Gasteiger charge is -2.42. The highest BCUT2D eigenvalue weighted by molar-refractivity contribution is 4.88. The summed E-state index contributed by atoms with van der Waals surface area (Å²) in [5.41, 5.74) is 6.42. The van der Waals surface area contributed by atoms with Crippen LogP contribution in [-0.2, 0) is 0 Å². The van der Waals surface area contributed by atoms with Crippen LogP contribution in [0.2, 0.25) is 0 Å². The summed E-state index contributed by atoms with van der Waals surface area (Å²) in [5.74, 6) is 3.64. The molecule has 0 aromatic rings. The van der Waals surface area contributed by atoms with E-state index in [1.54, 1.807) is 0 Å². The van der Waals surface area contributed by atoms with Crippen LogP contribution < -0.4 is 5.73 Å². The molecular formula is C15H29N. The van der Waals surface area contributed by atoms with Gasteiger partial charge in [0.05, 0.1) is 0 Å². The topological polar surface area (TPSA) is 26.0 Å². The van der Waals surface area contributed by atoms with Gasteiger partial charge in [-0.15, -0.1) is 0 Å². The molecule has 5 unspecified atom stereocenters. The number of nitrogens with two attached hydrogens (primary N) is 1. The van der Waals surface area contributed by atoms with Crippen molar-refractivity contribution < 1.29 is 0 Å². The first-order valence-electron chi connectivity index (χ1n) is 7.48. The molecule has 0 aromatic heterocycles. The second-order valence-electron chi connectivity index (χ2n) is 6.34. The van der Waals surface area contributed by atoms with E-state index in [4.69, 9.17) is 5.73 Å². The zero-order chi connectivity index (χ0) is 11.5. The first-order valence-corrected chi connectivity index (χ1v) is 7.48. The monoisotopic (exact) mass is 223 g/mol. The summed E-state index contributed by atoms with van der Waals surface area (Å²) in [6.45, 7) is 4.61. The van der Waals surface area contributed by atoms with E-state index in [-0.39, 0.29) is 0 Å². The van der Waals surface area contributed by atoms with Crippen molar-refractivity contribution in [3.05, 3.63) is 0 Å². The third-order valence-electron chi connectivity index (χ3n) is 5.43. The molecule has 0 radical (unpaired) electrons. The fourth-order valence-electron chi connectivity index (χ4n) is 4.00. The Morgan fingerprint density at radius 3 is 2.44 bits per heavy atom. The van der Waals surface area contributed by atoms with Gasteiger partial charge < -0.3 is 5.73 Å². The zero-order valence-corrected chi connectivity index (χ0v) is 11.1. The van der Waals surface area contributed by atoms with Gasteiger partial charge in [-0.25, -0.2) is 0 Å². The van der Waals surface area contributed by atoms with Crippen LogP contribution >= 0.6 is 0 Å². The van der Waals surface area contributed by atoms with Gasteiger partial charge in [-0.2, -0.15) is 0 Å². The maximum absolute atomic E-state index is 6.42. The summed E-state index contributed by atoms with van der Waals surface area (Å²) in [6, 6.07) is 0.466. The van der Waals surface area contributed by atoms with Gasteiger partial charge in [0.25, 0.3) is 0 Å². The molecule has 94 valence electrons. The van der Waals surface area contributed by atoms with E-state index in [1.807, 2.05) is 0 Å². The summed E-state index contributed by atoms with van der Waals surface area (Å²) < 4.78 is 0. The molecule has 0 heterocycles. The maximum atomic E-state index is 6.42. The van der Waals surface area contributed by atoms with Crippen LogP contribution in [0, 0.1) is 23.7 Å². The molecule has 0 aromatic carbocycles. The van der Waals surface area contributed by atoms with Crippen molar-refractivity contribution in [3.8, 4) is 0 Å². The van der Waals surface area contributed by atoms with E-state index < -0.39 is 0 Å². The number of fused-ring (bicyclic) bond motifs is 1. The smallest absolute Gasteiger partial charge is 0.00930 e. The molecule has 5 atom stereocenters. The summed E-state index contributed by atoms with van der Waals surface area (Å²) in [7, 11) is 0. The highest BCUT2D eigenvalue weighted by Crippen LogP contribution is 2.44. The Morgan fingerprint density at radius 1 is 1.06 bits per heavy atom. The Hall–Kier alpha value is -0.0400. The van der Waals surface area contributed by atoms with Gasteiger partial charge >= 0.3 is 0 Å². The van der Waals surface area contributed by atoms with E-state index >= 15 is 0 Å². The van der Waals surface area contributed by atoms with Crippen molar-refractivity contribution in [2.24, 2.45) is 29.4 Å². The minimum atomic E-state index is 0.466. The molecule has 2 N–H and O–H groups in total. The Kier molecular flexibility index (Phi) is 4.29. The third-order valence-corrected chi connectivity index (χ3v) is 5.43. The number of rotatable bonds is 3. The van der Waals surface area contributed by atoms with E-state index in [0.29, 0.717) is 12.0 Å². The van der Waals surface area contributed by atoms with Crippen molar-refractivity contribution in [1.82, 2.24) is 0 Å². The summed E-state index contributed by atoms with van der Waals surface area (Å²) in [4.78, 5) is 0. The Morgan fingerprint density at radius 2 is 1.75 bits per heavy atom. The Bertz CT molecular complexity index is 213. The van der Waals surface area contributed by atoms with Crippen LogP contribution in [0.4, 0.5) is 0 Å². The summed E-state index contributed by atoms with van der Waals surface area (Å²) in [6.07, 6.45) is 11.5. The normalized spacial score (nSPS) is 38.8. The molecule has 2 fully saturated rings. The van der Waals surface area contributed by atoms with Gasteiger partial charge in [-0.1, -0.05) is 46.0 Å². The SMILES string of the molecule is CCC(C)C(N)C1CCC2CCCCC2C1. The Balaban J connectivity index is 1.89. The molecule has 2 aliphatic carbocycles. The molecule has 2 aliphatic rings. The average molecular weight is 223 g/mol. The molecule has 1 heteroatoms. The van der Waals surface area contributed by atoms with Gasteiger partial charge in [0, 0.05) is 6.04 Å². The highest BCUT2D eigenvalue weighted by Gasteiger charge is 2.35. The molecule has 2 rings (SSSR count). The van der Waals surface area contributed by atoms with Crippen LogP contribution in [0.3, 0.4) is 0 Å². The largest absolute Gasteiger partial charge is 0.327 e. The second-order valence-corrected chi connectivity index (χ2v) is 6.34. The molecule has 0 bridgehead atoms. The maximum Gasteiger partial charge on any atom is 0.00930 e. The lowest BCUT2D eigenvalue weighted by molar-refractivity contribution is 0.105. The van der Waals surface area contributed by atoms with Gasteiger partial charge in [-0.3, -0.25) is 0 Å². The average Bonchev–Trinajstić information content (AvgIpc) is 2.36. The minimum absolute atomic E-state index is 0.466. The number of hydrogen-bond donors (Lipinski definition) is 1. The summed E-state index contributed by atoms with van der Waals surface area (Å²) in [5, 5.41) is 0. The quantitative estimate of drug-likeness (QED) is 0.770. The zero-order valence-electron chi connectivity index (χ0n) is 11.1. The first-order chi connectivity index (χ1) is 7.72. The molecule has 0 spiro atoms. The van der Waals surface area contributed by atoms with Crippen molar-refractivity contribution >= 4 is 0 Å². The predicted molar refractivity (Wildman–Crippen MR) is 70.2 cm³/mol. The molecule has 0 amide bonds. The van der Waals surface area contributed by atoms with E-state index in [0.717, 1.165) is 17.8 Å². The lowest BCUT2D eigenvalue weighted by atomic mass is 9.65. The van der Waals surface area contributed by atoms with Crippen LogP contribution in [0.15, 0.2) is 0 Å². The van der Waals surface area contributed by atoms with E-state index in [2.05, 4.69) is 13.8 Å². The van der Waals surface area contributed by atoms with Crippen LogP contribution in [0.25, 0.3) is 0 Å². The van der Waals surface area contributed by atoms with Crippen LogP contribution in [0.5, 0.6) is 0 Å². The fraction of sp³-hybridized carbons (Fsp3) is 1.00. The van der Waals surface area contributed by atoms with Crippen LogP contribution in [0.1, 0.15) is 65.2 Å². The highest BCUT2D eigenvalue weighted by atomic mass is 14.7. The predicted octanol–water partition coefficient (Wildman–Crippen LogP) is 3.97. The van der Waals surface area contributed by atoms with Crippen molar-refractivity contribution in [1.29, 1.82) is 0 Å². The second kappa shape index (κ2) is 5.53. The molecule has 16 heavy (non-hydrogen) atoms. The molecule has 2 saturated carbocycles. The Labute approximate surface area is 101 Å². The minimum Gasteiger partial charge on any atom is -0.327 e. The van der Waals surface area contributed by atoms with Crippen molar-refractivity contribution in [3.63, 3.8) is 0 Å². The fourth-order valence-corrected chi connectivity index (χ4v) is 4.00. The summed E-state index contributed by atoms with van der Waals surface area (Å²) >= 11 is 0. The van der Waals surface area contributed by atoms with Gasteiger partial charge in [0.1, 0.15) is 0 Å². The number of hydrogen-bond acceptors (Lipinski definition) is 1. The van der Waals surface area contributed by atoms with Gasteiger partial charge in [0.2, 0.25) is 0 Å². The third kappa shape index (κ3) is 2.61. The standard InChI is InChI=1S/C15H29N/c1-3-11(2)15(16)14-9-8-12-6-4-5-7-13(12)10-14/h11-15H,3-10,16H2,1-2H3. The van der Waals surface area contributed by atoms with Gasteiger partial charge in [0.15, 0.2) is 0 Å². The molecular weight excluding hydrogens is 194 g/mol. The molecule has 0 saturated heterocycles. The van der Waals surface area contributed by atoms with Crippen LogP contribution in [-0.4, -0.2) is 6.04 Å². The van der Waals surface area contributed by atoms with Gasteiger partial charge in [-0.05, 0) is 42.9 Å².